The van der Waals surface area contributed by atoms with E-state index < -0.39 is 0 Å². The second-order valence-electron chi connectivity index (χ2n) is 3.41. The van der Waals surface area contributed by atoms with Crippen molar-refractivity contribution in [1.82, 2.24) is 0 Å². The van der Waals surface area contributed by atoms with Crippen LogP contribution in [-0.2, 0) is 6.42 Å². The Morgan fingerprint density at radius 1 is 1.06 bits per heavy atom. The quantitative estimate of drug-likeness (QED) is 0.806. The van der Waals surface area contributed by atoms with Crippen molar-refractivity contribution in [3.8, 4) is 17.2 Å². The second-order valence-corrected chi connectivity index (χ2v) is 4.26. The third kappa shape index (κ3) is 3.03. The average molecular weight is 307 g/mol. The number of benzene rings is 1. The maximum atomic E-state index is 12.2. The van der Waals surface area contributed by atoms with Crippen molar-refractivity contribution < 1.29 is 18.6 Å². The molecule has 0 amide bonds. The van der Waals surface area contributed by atoms with Gasteiger partial charge in [0, 0.05) is 0 Å². The van der Waals surface area contributed by atoms with E-state index in [4.69, 9.17) is 14.2 Å². The standard InChI is InChI=1S/C12H16BrFO3/c1-15-10-8(5-4-6-14)7-9(13)11(16-2)12(10)17-3/h7H,4-6H2,1-3H3. The zero-order chi connectivity index (χ0) is 12.8. The van der Waals surface area contributed by atoms with Gasteiger partial charge in [-0.1, -0.05) is 0 Å². The molecule has 1 aromatic rings. The predicted octanol–water partition coefficient (Wildman–Crippen LogP) is 3.38. The van der Waals surface area contributed by atoms with E-state index in [1.54, 1.807) is 21.3 Å². The average Bonchev–Trinajstić information content (AvgIpc) is 2.35. The summed E-state index contributed by atoms with van der Waals surface area (Å²) >= 11 is 3.40. The van der Waals surface area contributed by atoms with Crippen LogP contribution in [0.4, 0.5) is 4.39 Å². The van der Waals surface area contributed by atoms with Crippen molar-refractivity contribution >= 4 is 15.9 Å². The Bertz CT molecular complexity index is 383. The minimum Gasteiger partial charge on any atom is -0.492 e. The van der Waals surface area contributed by atoms with Gasteiger partial charge in [0.15, 0.2) is 11.5 Å². The molecule has 0 aliphatic heterocycles. The van der Waals surface area contributed by atoms with E-state index in [0.717, 1.165) is 10.0 Å². The Kier molecular flexibility index (Phi) is 5.55. The van der Waals surface area contributed by atoms with Crippen molar-refractivity contribution in [1.29, 1.82) is 0 Å². The van der Waals surface area contributed by atoms with Gasteiger partial charge in [-0.2, -0.15) is 0 Å². The summed E-state index contributed by atoms with van der Waals surface area (Å²) in [6.07, 6.45) is 1.05. The van der Waals surface area contributed by atoms with Crippen molar-refractivity contribution in [2.45, 2.75) is 12.8 Å². The molecule has 0 N–H and O–H groups in total. The smallest absolute Gasteiger partial charge is 0.204 e. The van der Waals surface area contributed by atoms with Crippen molar-refractivity contribution in [2.75, 3.05) is 28.0 Å². The van der Waals surface area contributed by atoms with Crippen LogP contribution in [0, 0.1) is 0 Å². The molecule has 0 aliphatic carbocycles. The molecular weight excluding hydrogens is 291 g/mol. The Morgan fingerprint density at radius 3 is 2.12 bits per heavy atom. The normalized spacial score (nSPS) is 10.2. The molecule has 0 radical (unpaired) electrons. The first-order chi connectivity index (χ1) is 8.19. The van der Waals surface area contributed by atoms with Crippen LogP contribution in [0.5, 0.6) is 17.2 Å². The van der Waals surface area contributed by atoms with Gasteiger partial charge in [-0.3, -0.25) is 4.39 Å². The monoisotopic (exact) mass is 306 g/mol. The molecule has 1 rings (SSSR count). The zero-order valence-electron chi connectivity index (χ0n) is 10.2. The molecule has 0 saturated heterocycles. The molecule has 0 aromatic heterocycles. The molecule has 0 heterocycles. The number of methoxy groups -OCH3 is 3. The Balaban J connectivity index is 3.26. The lowest BCUT2D eigenvalue weighted by Gasteiger charge is -2.17. The first-order valence-electron chi connectivity index (χ1n) is 5.22. The fourth-order valence-electron chi connectivity index (χ4n) is 1.68. The first-order valence-corrected chi connectivity index (χ1v) is 6.02. The maximum absolute atomic E-state index is 12.2. The summed E-state index contributed by atoms with van der Waals surface area (Å²) in [5, 5.41) is 0. The van der Waals surface area contributed by atoms with Crippen LogP contribution >= 0.6 is 15.9 Å². The minimum atomic E-state index is -0.352. The molecule has 0 fully saturated rings. The summed E-state index contributed by atoms with van der Waals surface area (Å²) in [6.45, 7) is -0.352. The highest BCUT2D eigenvalue weighted by Gasteiger charge is 2.19. The van der Waals surface area contributed by atoms with Gasteiger partial charge in [0.05, 0.1) is 32.5 Å². The number of aryl methyl sites for hydroxylation is 1. The summed E-state index contributed by atoms with van der Waals surface area (Å²) in [7, 11) is 4.67. The van der Waals surface area contributed by atoms with Crippen molar-refractivity contribution in [3.63, 3.8) is 0 Å². The lowest BCUT2D eigenvalue weighted by molar-refractivity contribution is 0.320. The molecule has 0 aliphatic rings. The van der Waals surface area contributed by atoms with Gasteiger partial charge in [0.25, 0.3) is 0 Å². The van der Waals surface area contributed by atoms with E-state index in [-0.39, 0.29) is 6.67 Å². The first kappa shape index (κ1) is 14.1. The summed E-state index contributed by atoms with van der Waals surface area (Å²) in [5.74, 6) is 1.70. The highest BCUT2D eigenvalue weighted by molar-refractivity contribution is 9.10. The fourth-order valence-corrected chi connectivity index (χ4v) is 2.30. The molecule has 17 heavy (non-hydrogen) atoms. The van der Waals surface area contributed by atoms with Crippen molar-refractivity contribution in [2.24, 2.45) is 0 Å². The van der Waals surface area contributed by atoms with Gasteiger partial charge in [-0.25, -0.2) is 0 Å². The lowest BCUT2D eigenvalue weighted by atomic mass is 10.1. The van der Waals surface area contributed by atoms with E-state index in [1.807, 2.05) is 6.07 Å². The summed E-state index contributed by atoms with van der Waals surface area (Å²) < 4.78 is 28.8. The van der Waals surface area contributed by atoms with Crippen LogP contribution in [-0.4, -0.2) is 28.0 Å². The highest BCUT2D eigenvalue weighted by Crippen LogP contribution is 2.45. The van der Waals surface area contributed by atoms with Gasteiger partial charge >= 0.3 is 0 Å². The summed E-state index contributed by atoms with van der Waals surface area (Å²) in [4.78, 5) is 0. The molecule has 96 valence electrons. The molecule has 3 nitrogen and oxygen atoms in total. The molecule has 0 saturated carbocycles. The number of alkyl halides is 1. The van der Waals surface area contributed by atoms with Crippen molar-refractivity contribution in [3.05, 3.63) is 16.1 Å². The summed E-state index contributed by atoms with van der Waals surface area (Å²) in [5.41, 5.74) is 0.898. The SMILES string of the molecule is COc1c(Br)cc(CCCF)c(OC)c1OC. The largest absolute Gasteiger partial charge is 0.492 e. The van der Waals surface area contributed by atoms with Crippen LogP contribution in [0.2, 0.25) is 0 Å². The molecule has 0 spiro atoms. The van der Waals surface area contributed by atoms with E-state index in [9.17, 15) is 4.39 Å². The third-order valence-electron chi connectivity index (χ3n) is 2.41. The van der Waals surface area contributed by atoms with Gasteiger partial charge in [0.1, 0.15) is 0 Å². The topological polar surface area (TPSA) is 27.7 Å². The number of hydrogen-bond acceptors (Lipinski definition) is 3. The molecule has 0 atom stereocenters. The Hall–Kier alpha value is -0.970. The number of rotatable bonds is 6. The number of hydrogen-bond donors (Lipinski definition) is 0. The highest BCUT2D eigenvalue weighted by atomic mass is 79.9. The maximum Gasteiger partial charge on any atom is 0.204 e. The van der Waals surface area contributed by atoms with Crippen LogP contribution in [0.3, 0.4) is 0 Å². The summed E-state index contributed by atoms with van der Waals surface area (Å²) in [6, 6.07) is 1.87. The van der Waals surface area contributed by atoms with Crippen LogP contribution < -0.4 is 14.2 Å². The molecule has 0 unspecified atom stereocenters. The van der Waals surface area contributed by atoms with Gasteiger partial charge in [-0.05, 0) is 40.4 Å². The molecule has 0 bridgehead atoms. The minimum absolute atomic E-state index is 0.352. The second kappa shape index (κ2) is 6.69. The number of ether oxygens (including phenoxy) is 3. The van der Waals surface area contributed by atoms with E-state index >= 15 is 0 Å². The third-order valence-corrected chi connectivity index (χ3v) is 3.00. The number of halogens is 2. The van der Waals surface area contributed by atoms with E-state index in [2.05, 4.69) is 15.9 Å². The fraction of sp³-hybridized carbons (Fsp3) is 0.500. The zero-order valence-corrected chi connectivity index (χ0v) is 11.8. The Morgan fingerprint density at radius 2 is 1.65 bits per heavy atom. The van der Waals surface area contributed by atoms with Gasteiger partial charge in [-0.15, -0.1) is 0 Å². The van der Waals surface area contributed by atoms with Crippen LogP contribution in [0.25, 0.3) is 0 Å². The van der Waals surface area contributed by atoms with Crippen LogP contribution in [0.15, 0.2) is 10.5 Å². The predicted molar refractivity (Wildman–Crippen MR) is 68.1 cm³/mol. The van der Waals surface area contributed by atoms with Gasteiger partial charge in [0.2, 0.25) is 5.75 Å². The molecular formula is C12H16BrFO3. The van der Waals surface area contributed by atoms with Crippen LogP contribution in [0.1, 0.15) is 12.0 Å². The van der Waals surface area contributed by atoms with Gasteiger partial charge < -0.3 is 14.2 Å². The Labute approximate surface area is 109 Å². The van der Waals surface area contributed by atoms with E-state index in [1.165, 1.54) is 0 Å². The lowest BCUT2D eigenvalue weighted by Crippen LogP contribution is -2.00. The molecule has 1 aromatic carbocycles. The molecule has 5 heteroatoms. The van der Waals surface area contributed by atoms with E-state index in [0.29, 0.717) is 30.1 Å².